The van der Waals surface area contributed by atoms with Gasteiger partial charge in [0.2, 0.25) is 5.88 Å². The number of hydrogen-bond acceptors (Lipinski definition) is 4. The molecule has 0 amide bonds. The van der Waals surface area contributed by atoms with E-state index in [1.165, 1.54) is 6.08 Å². The molecule has 2 rings (SSSR count). The van der Waals surface area contributed by atoms with Crippen LogP contribution in [0.15, 0.2) is 29.2 Å². The van der Waals surface area contributed by atoms with Crippen molar-refractivity contribution in [2.24, 2.45) is 0 Å². The van der Waals surface area contributed by atoms with Gasteiger partial charge in [0.25, 0.3) is 0 Å². The molecule has 94 valence electrons. The second-order valence-electron chi connectivity index (χ2n) is 3.94. The van der Waals surface area contributed by atoms with Gasteiger partial charge < -0.3 is 20.0 Å². The van der Waals surface area contributed by atoms with Crippen LogP contribution >= 0.6 is 0 Å². The summed E-state index contributed by atoms with van der Waals surface area (Å²) >= 11 is 0. The maximum atomic E-state index is 10.0. The van der Waals surface area contributed by atoms with Gasteiger partial charge in [-0.25, -0.2) is 0 Å². The average Bonchev–Trinajstić information content (AvgIpc) is 2.64. The van der Waals surface area contributed by atoms with Crippen LogP contribution < -0.4 is 10.5 Å². The molecule has 4 nitrogen and oxygen atoms in total. The van der Waals surface area contributed by atoms with Crippen LogP contribution in [0, 0.1) is 6.92 Å². The summed E-state index contributed by atoms with van der Waals surface area (Å²) in [6.07, 6.45) is 1.42. The van der Waals surface area contributed by atoms with Gasteiger partial charge in [0.05, 0.1) is 12.7 Å². The summed E-state index contributed by atoms with van der Waals surface area (Å²) in [6, 6.07) is 5.52. The van der Waals surface area contributed by atoms with E-state index in [2.05, 4.69) is 6.58 Å². The topological polar surface area (TPSA) is 68.6 Å². The van der Waals surface area contributed by atoms with Crippen LogP contribution in [0.2, 0.25) is 0 Å². The van der Waals surface area contributed by atoms with Gasteiger partial charge in [0.15, 0.2) is 11.5 Å². The van der Waals surface area contributed by atoms with Gasteiger partial charge in [-0.1, -0.05) is 12.6 Å². The van der Waals surface area contributed by atoms with Crippen LogP contribution in [0.4, 0.5) is 5.88 Å². The van der Waals surface area contributed by atoms with Gasteiger partial charge in [0, 0.05) is 0 Å². The second kappa shape index (κ2) is 4.49. The highest BCUT2D eigenvalue weighted by atomic mass is 16.5. The first-order valence-electron chi connectivity index (χ1n) is 5.47. The minimum atomic E-state index is 0.00654. The van der Waals surface area contributed by atoms with Crippen LogP contribution in [-0.2, 0) is 0 Å². The summed E-state index contributed by atoms with van der Waals surface area (Å²) < 4.78 is 10.4. The molecule has 0 saturated carbocycles. The van der Waals surface area contributed by atoms with E-state index >= 15 is 0 Å². The molecule has 3 N–H and O–H groups in total. The Hall–Kier alpha value is -2.36. The molecule has 0 radical (unpaired) electrons. The maximum Gasteiger partial charge on any atom is 0.202 e. The fourth-order valence-electron chi connectivity index (χ4n) is 1.91. The minimum Gasteiger partial charge on any atom is -0.504 e. The largest absolute Gasteiger partial charge is 0.504 e. The van der Waals surface area contributed by atoms with Crippen LogP contribution in [0.1, 0.15) is 11.3 Å². The molecule has 0 saturated heterocycles. The monoisotopic (exact) mass is 245 g/mol. The van der Waals surface area contributed by atoms with Crippen molar-refractivity contribution in [1.29, 1.82) is 0 Å². The lowest BCUT2D eigenvalue weighted by atomic mass is 10.0. The van der Waals surface area contributed by atoms with Crippen molar-refractivity contribution in [2.75, 3.05) is 12.8 Å². The van der Waals surface area contributed by atoms with Crippen molar-refractivity contribution in [2.45, 2.75) is 6.92 Å². The number of aryl methyl sites for hydroxylation is 1. The summed E-state index contributed by atoms with van der Waals surface area (Å²) in [5.41, 5.74) is 7.98. The highest BCUT2D eigenvalue weighted by Crippen LogP contribution is 2.41. The Morgan fingerprint density at radius 1 is 1.44 bits per heavy atom. The summed E-state index contributed by atoms with van der Waals surface area (Å²) in [5, 5.41) is 10.0. The average molecular weight is 245 g/mol. The predicted molar refractivity (Wildman–Crippen MR) is 71.6 cm³/mol. The summed E-state index contributed by atoms with van der Waals surface area (Å²) in [7, 11) is 1.61. The standard InChI is InChI=1S/C14H15NO3/c1-4-10-13(16)12(14(15)18-10)9-5-6-11(17-3)8(2)7-9/h4-7,16H,1,15H2,2-3H3. The number of aromatic hydroxyl groups is 1. The van der Waals surface area contributed by atoms with Gasteiger partial charge in [-0.2, -0.15) is 0 Å². The number of rotatable bonds is 3. The van der Waals surface area contributed by atoms with E-state index in [1.807, 2.05) is 25.1 Å². The van der Waals surface area contributed by atoms with Gasteiger partial charge in [0.1, 0.15) is 5.75 Å². The summed E-state index contributed by atoms with van der Waals surface area (Å²) in [6.45, 7) is 5.48. The Balaban J connectivity index is 2.58. The first-order chi connectivity index (χ1) is 8.58. The van der Waals surface area contributed by atoms with Crippen LogP contribution in [-0.4, -0.2) is 12.2 Å². The first-order valence-corrected chi connectivity index (χ1v) is 5.47. The summed E-state index contributed by atoms with van der Waals surface area (Å²) in [5.74, 6) is 1.24. The van der Waals surface area contributed by atoms with Crippen LogP contribution in [0.3, 0.4) is 0 Å². The number of benzene rings is 1. The smallest absolute Gasteiger partial charge is 0.202 e. The molecule has 0 aliphatic carbocycles. The molecular weight excluding hydrogens is 230 g/mol. The van der Waals surface area contributed by atoms with E-state index in [0.29, 0.717) is 5.56 Å². The Bertz CT molecular complexity index is 599. The molecular formula is C14H15NO3. The van der Waals surface area contributed by atoms with Gasteiger partial charge in [-0.3, -0.25) is 0 Å². The second-order valence-corrected chi connectivity index (χ2v) is 3.94. The molecule has 4 heteroatoms. The molecule has 1 heterocycles. The number of ether oxygens (including phenoxy) is 1. The Morgan fingerprint density at radius 3 is 2.67 bits per heavy atom. The molecule has 18 heavy (non-hydrogen) atoms. The predicted octanol–water partition coefficient (Wildman–Crippen LogP) is 3.19. The maximum absolute atomic E-state index is 10.0. The molecule has 0 aliphatic rings. The Morgan fingerprint density at radius 2 is 2.17 bits per heavy atom. The fraction of sp³-hybridized carbons (Fsp3) is 0.143. The third-order valence-electron chi connectivity index (χ3n) is 2.81. The molecule has 0 atom stereocenters. The molecule has 0 aliphatic heterocycles. The number of nitrogen functional groups attached to an aromatic ring is 1. The lowest BCUT2D eigenvalue weighted by molar-refractivity contribution is 0.412. The van der Waals surface area contributed by atoms with Crippen molar-refractivity contribution in [1.82, 2.24) is 0 Å². The van der Waals surface area contributed by atoms with Crippen molar-refractivity contribution in [3.8, 4) is 22.6 Å². The third kappa shape index (κ3) is 1.82. The minimum absolute atomic E-state index is 0.00654. The van der Waals surface area contributed by atoms with E-state index in [-0.39, 0.29) is 17.4 Å². The number of anilines is 1. The van der Waals surface area contributed by atoms with Crippen LogP contribution in [0.25, 0.3) is 17.2 Å². The van der Waals surface area contributed by atoms with E-state index < -0.39 is 0 Å². The van der Waals surface area contributed by atoms with E-state index in [9.17, 15) is 5.11 Å². The number of nitrogens with two attached hydrogens (primary N) is 1. The van der Waals surface area contributed by atoms with Gasteiger partial charge >= 0.3 is 0 Å². The third-order valence-corrected chi connectivity index (χ3v) is 2.81. The zero-order valence-electron chi connectivity index (χ0n) is 10.4. The number of methoxy groups -OCH3 is 1. The van der Waals surface area contributed by atoms with E-state index in [4.69, 9.17) is 14.9 Å². The lowest BCUT2D eigenvalue weighted by Crippen LogP contribution is -1.89. The van der Waals surface area contributed by atoms with Gasteiger partial charge in [-0.05, 0) is 36.3 Å². The zero-order chi connectivity index (χ0) is 13.3. The zero-order valence-corrected chi connectivity index (χ0v) is 10.4. The molecule has 2 aromatic rings. The van der Waals surface area contributed by atoms with Gasteiger partial charge in [-0.15, -0.1) is 0 Å². The highest BCUT2D eigenvalue weighted by molar-refractivity contribution is 5.83. The molecule has 0 unspecified atom stereocenters. The van der Waals surface area contributed by atoms with Crippen molar-refractivity contribution in [3.05, 3.63) is 36.1 Å². The number of furan rings is 1. The Labute approximate surface area is 105 Å². The Kier molecular flexibility index (Phi) is 3.02. The molecule has 1 aromatic heterocycles. The van der Waals surface area contributed by atoms with E-state index in [0.717, 1.165) is 16.9 Å². The summed E-state index contributed by atoms with van der Waals surface area (Å²) in [4.78, 5) is 0. The van der Waals surface area contributed by atoms with Crippen LogP contribution in [0.5, 0.6) is 11.5 Å². The first kappa shape index (κ1) is 12.1. The molecule has 0 spiro atoms. The highest BCUT2D eigenvalue weighted by Gasteiger charge is 2.18. The SMILES string of the molecule is C=Cc1oc(N)c(-c2ccc(OC)c(C)c2)c1O. The van der Waals surface area contributed by atoms with Crippen molar-refractivity contribution >= 4 is 12.0 Å². The van der Waals surface area contributed by atoms with Crippen molar-refractivity contribution < 1.29 is 14.3 Å². The molecule has 1 aromatic carbocycles. The van der Waals surface area contributed by atoms with Crippen molar-refractivity contribution in [3.63, 3.8) is 0 Å². The van der Waals surface area contributed by atoms with E-state index in [1.54, 1.807) is 7.11 Å². The molecule has 0 bridgehead atoms. The fourth-order valence-corrected chi connectivity index (χ4v) is 1.91. The quantitative estimate of drug-likeness (QED) is 0.871. The normalized spacial score (nSPS) is 10.3. The molecule has 0 fully saturated rings. The lowest BCUT2D eigenvalue weighted by Gasteiger charge is -2.07. The number of hydrogen-bond donors (Lipinski definition) is 2.